The molecule has 94 valence electrons. The summed E-state index contributed by atoms with van der Waals surface area (Å²) in [6, 6.07) is 5.94. The van der Waals surface area contributed by atoms with Crippen molar-refractivity contribution in [2.45, 2.75) is 37.6 Å². The molecule has 0 aliphatic carbocycles. The molecule has 1 aromatic carbocycles. The Morgan fingerprint density at radius 3 is 2.88 bits per heavy atom. The van der Waals surface area contributed by atoms with E-state index in [4.69, 9.17) is 0 Å². The van der Waals surface area contributed by atoms with E-state index in [2.05, 4.69) is 12.2 Å². The van der Waals surface area contributed by atoms with Crippen molar-refractivity contribution in [2.24, 2.45) is 0 Å². The molecule has 4 heteroatoms. The lowest BCUT2D eigenvalue weighted by Crippen LogP contribution is -2.21. The van der Waals surface area contributed by atoms with Crippen LogP contribution in [-0.4, -0.2) is 20.7 Å². The monoisotopic (exact) mass is 253 g/mol. The Kier molecular flexibility index (Phi) is 3.54. The highest BCUT2D eigenvalue weighted by Crippen LogP contribution is 2.33. The fourth-order valence-corrected chi connectivity index (χ4v) is 4.45. The van der Waals surface area contributed by atoms with Crippen LogP contribution in [0.15, 0.2) is 23.1 Å². The van der Waals surface area contributed by atoms with E-state index in [1.165, 1.54) is 0 Å². The van der Waals surface area contributed by atoms with E-state index in [1.54, 1.807) is 0 Å². The first-order chi connectivity index (χ1) is 8.06. The van der Waals surface area contributed by atoms with Gasteiger partial charge in [-0.25, -0.2) is 8.42 Å². The van der Waals surface area contributed by atoms with Gasteiger partial charge in [0.1, 0.15) is 0 Å². The highest BCUT2D eigenvalue weighted by Gasteiger charge is 2.28. The van der Waals surface area contributed by atoms with Crippen molar-refractivity contribution in [1.82, 2.24) is 5.32 Å². The van der Waals surface area contributed by atoms with Gasteiger partial charge < -0.3 is 5.32 Å². The van der Waals surface area contributed by atoms with Gasteiger partial charge in [-0.2, -0.15) is 0 Å². The zero-order valence-corrected chi connectivity index (χ0v) is 11.2. The van der Waals surface area contributed by atoms with E-state index in [0.717, 1.165) is 30.5 Å². The number of fused-ring (bicyclic) bond motifs is 1. The molecule has 0 radical (unpaired) electrons. The molecule has 1 aliphatic heterocycles. The summed E-state index contributed by atoms with van der Waals surface area (Å²) in [4.78, 5) is 0.559. The van der Waals surface area contributed by atoms with Crippen LogP contribution in [0.1, 0.15) is 36.9 Å². The van der Waals surface area contributed by atoms with Crippen molar-refractivity contribution < 1.29 is 8.42 Å². The second-order valence-corrected chi connectivity index (χ2v) is 6.61. The Bertz CT molecular complexity index is 508. The summed E-state index contributed by atoms with van der Waals surface area (Å²) < 4.78 is 24.5. The maximum Gasteiger partial charge on any atom is 0.178 e. The van der Waals surface area contributed by atoms with Gasteiger partial charge in [0.05, 0.1) is 10.6 Å². The Labute approximate surface area is 103 Å². The van der Waals surface area contributed by atoms with Gasteiger partial charge in [-0.1, -0.05) is 25.1 Å². The summed E-state index contributed by atoms with van der Waals surface area (Å²) in [5.74, 6) is 0.271. The maximum atomic E-state index is 12.2. The Balaban J connectivity index is 2.60. The first kappa shape index (κ1) is 12.6. The lowest BCUT2D eigenvalue weighted by Gasteiger charge is -2.18. The molecule has 17 heavy (non-hydrogen) atoms. The van der Waals surface area contributed by atoms with Crippen LogP contribution in [0.2, 0.25) is 0 Å². The van der Waals surface area contributed by atoms with Gasteiger partial charge in [0.15, 0.2) is 9.84 Å². The summed E-state index contributed by atoms with van der Waals surface area (Å²) in [6.45, 7) is 4.79. The summed E-state index contributed by atoms with van der Waals surface area (Å²) in [5.41, 5.74) is 1.82. The average molecular weight is 253 g/mol. The van der Waals surface area contributed by atoms with Gasteiger partial charge >= 0.3 is 0 Å². The van der Waals surface area contributed by atoms with E-state index in [9.17, 15) is 8.42 Å². The second-order valence-electron chi connectivity index (χ2n) is 4.56. The minimum Gasteiger partial charge on any atom is -0.310 e. The summed E-state index contributed by atoms with van der Waals surface area (Å²) in [6.07, 6.45) is 1.62. The zero-order chi connectivity index (χ0) is 12.5. The predicted molar refractivity (Wildman–Crippen MR) is 68.9 cm³/mol. The number of nitrogens with one attached hydrogen (secondary N) is 1. The SMILES string of the molecule is CCNC1CCCS(=O)(=O)c2c(C)cccc21. The molecule has 1 heterocycles. The quantitative estimate of drug-likeness (QED) is 0.879. The molecule has 0 saturated heterocycles. The third kappa shape index (κ3) is 2.38. The smallest absolute Gasteiger partial charge is 0.178 e. The van der Waals surface area contributed by atoms with Gasteiger partial charge in [0.25, 0.3) is 0 Å². The van der Waals surface area contributed by atoms with Crippen LogP contribution in [0.5, 0.6) is 0 Å². The van der Waals surface area contributed by atoms with E-state index < -0.39 is 9.84 Å². The van der Waals surface area contributed by atoms with Gasteiger partial charge in [-0.3, -0.25) is 0 Å². The fraction of sp³-hybridized carbons (Fsp3) is 0.538. The fourth-order valence-electron chi connectivity index (χ4n) is 2.57. The number of hydrogen-bond donors (Lipinski definition) is 1. The molecule has 0 fully saturated rings. The third-order valence-corrected chi connectivity index (χ3v) is 5.29. The van der Waals surface area contributed by atoms with Crippen molar-refractivity contribution in [3.05, 3.63) is 29.3 Å². The molecule has 0 bridgehead atoms. The maximum absolute atomic E-state index is 12.2. The first-order valence-electron chi connectivity index (χ1n) is 6.12. The molecule has 1 aromatic rings. The summed E-state index contributed by atoms with van der Waals surface area (Å²) in [7, 11) is -3.10. The lowest BCUT2D eigenvalue weighted by atomic mass is 10.0. The van der Waals surface area contributed by atoms with Crippen LogP contribution in [0, 0.1) is 6.92 Å². The van der Waals surface area contributed by atoms with Crippen LogP contribution in [0.4, 0.5) is 0 Å². The third-order valence-electron chi connectivity index (χ3n) is 3.29. The average Bonchev–Trinajstić information content (AvgIpc) is 2.38. The molecule has 1 atom stereocenters. The minimum absolute atomic E-state index is 0.173. The molecule has 0 spiro atoms. The van der Waals surface area contributed by atoms with Crippen LogP contribution in [0.25, 0.3) is 0 Å². The van der Waals surface area contributed by atoms with E-state index >= 15 is 0 Å². The molecule has 3 nitrogen and oxygen atoms in total. The molecule has 1 aliphatic rings. The van der Waals surface area contributed by atoms with Gasteiger partial charge in [0, 0.05) is 6.04 Å². The molecule has 2 rings (SSSR count). The number of hydrogen-bond acceptors (Lipinski definition) is 3. The molecular formula is C13H19NO2S. The van der Waals surface area contributed by atoms with Crippen molar-refractivity contribution in [3.63, 3.8) is 0 Å². The van der Waals surface area contributed by atoms with Crippen molar-refractivity contribution in [1.29, 1.82) is 0 Å². The normalized spacial score (nSPS) is 22.8. The highest BCUT2D eigenvalue weighted by molar-refractivity contribution is 7.91. The number of aryl methyl sites for hydroxylation is 1. The highest BCUT2D eigenvalue weighted by atomic mass is 32.2. The number of sulfone groups is 1. The van der Waals surface area contributed by atoms with Crippen LogP contribution in [0.3, 0.4) is 0 Å². The van der Waals surface area contributed by atoms with Crippen molar-refractivity contribution in [3.8, 4) is 0 Å². The molecule has 1 unspecified atom stereocenters. The number of benzene rings is 1. The largest absolute Gasteiger partial charge is 0.310 e. The standard InChI is InChI=1S/C13H19NO2S/c1-3-14-12-8-5-9-17(15,16)13-10(2)6-4-7-11(12)13/h4,6-7,12,14H,3,5,8-9H2,1-2H3. The second kappa shape index (κ2) is 4.78. The van der Waals surface area contributed by atoms with Gasteiger partial charge in [-0.15, -0.1) is 0 Å². The Morgan fingerprint density at radius 2 is 2.18 bits per heavy atom. The van der Waals surface area contributed by atoms with E-state index in [0.29, 0.717) is 4.90 Å². The first-order valence-corrected chi connectivity index (χ1v) is 7.77. The van der Waals surface area contributed by atoms with Crippen LogP contribution in [-0.2, 0) is 9.84 Å². The predicted octanol–water partition coefficient (Wildman–Crippen LogP) is 2.21. The molecule has 0 saturated carbocycles. The summed E-state index contributed by atoms with van der Waals surface area (Å²) >= 11 is 0. The molecule has 0 amide bonds. The van der Waals surface area contributed by atoms with E-state index in [1.807, 2.05) is 25.1 Å². The minimum atomic E-state index is -3.10. The molecular weight excluding hydrogens is 234 g/mol. The van der Waals surface area contributed by atoms with Crippen molar-refractivity contribution >= 4 is 9.84 Å². The Hall–Kier alpha value is -0.870. The van der Waals surface area contributed by atoms with Gasteiger partial charge in [0.2, 0.25) is 0 Å². The summed E-state index contributed by atoms with van der Waals surface area (Å²) in [5, 5.41) is 3.38. The van der Waals surface area contributed by atoms with E-state index in [-0.39, 0.29) is 11.8 Å². The van der Waals surface area contributed by atoms with Crippen LogP contribution >= 0.6 is 0 Å². The number of rotatable bonds is 2. The zero-order valence-electron chi connectivity index (χ0n) is 10.4. The van der Waals surface area contributed by atoms with Gasteiger partial charge in [-0.05, 0) is 37.4 Å². The lowest BCUT2D eigenvalue weighted by molar-refractivity contribution is 0.508. The topological polar surface area (TPSA) is 46.2 Å². The van der Waals surface area contributed by atoms with Crippen molar-refractivity contribution in [2.75, 3.05) is 12.3 Å². The van der Waals surface area contributed by atoms with Crippen LogP contribution < -0.4 is 5.32 Å². The molecule has 0 aromatic heterocycles. The molecule has 1 N–H and O–H groups in total. The Morgan fingerprint density at radius 1 is 1.41 bits per heavy atom.